The van der Waals surface area contributed by atoms with Crippen LogP contribution < -0.4 is 0 Å². The second kappa shape index (κ2) is 11.9. The van der Waals surface area contributed by atoms with Crippen molar-refractivity contribution in [3.8, 4) is 33.4 Å². The molecule has 1 atom stereocenters. The average molecular weight is 695 g/mol. The Labute approximate surface area is 318 Å². The molecule has 10 rings (SSSR count). The van der Waals surface area contributed by atoms with Crippen molar-refractivity contribution in [3.05, 3.63) is 157 Å². The Kier molecular flexibility index (Phi) is 7.24. The highest BCUT2D eigenvalue weighted by molar-refractivity contribution is 6.27. The Morgan fingerprint density at radius 3 is 1.19 bits per heavy atom. The highest BCUT2D eigenvalue weighted by atomic mass is 14.3. The molecule has 54 heavy (non-hydrogen) atoms. The van der Waals surface area contributed by atoms with Crippen LogP contribution in [0.1, 0.15) is 59.4 Å². The van der Waals surface area contributed by atoms with Gasteiger partial charge in [-0.05, 0) is 145 Å². The summed E-state index contributed by atoms with van der Waals surface area (Å²) >= 11 is 0. The van der Waals surface area contributed by atoms with Gasteiger partial charge in [0.15, 0.2) is 0 Å². The first kappa shape index (κ1) is 32.9. The van der Waals surface area contributed by atoms with Crippen molar-refractivity contribution < 1.29 is 0 Å². The SMILES string of the molecule is CC(C)(C)CC(c1ccc(-c2cc(-c3ccc4ccc5cccc6ccc3c4c56)cc(-c3ccc4ccc5cccc6ccc3c4c56)c2)cc1)C(C)(C)C. The van der Waals surface area contributed by atoms with Crippen LogP contribution in [-0.4, -0.2) is 0 Å². The van der Waals surface area contributed by atoms with E-state index in [1.54, 1.807) is 0 Å². The maximum Gasteiger partial charge on any atom is -0.00206 e. The first-order chi connectivity index (χ1) is 26.0. The maximum absolute atomic E-state index is 2.44. The predicted octanol–water partition coefficient (Wildman–Crippen LogP) is 16.0. The molecule has 0 spiro atoms. The fourth-order valence-electron chi connectivity index (χ4n) is 9.52. The lowest BCUT2D eigenvalue weighted by Gasteiger charge is -2.36. The molecular weight excluding hydrogens is 649 g/mol. The Morgan fingerprint density at radius 2 is 0.759 bits per heavy atom. The molecule has 0 saturated heterocycles. The van der Waals surface area contributed by atoms with Crippen molar-refractivity contribution in [1.29, 1.82) is 0 Å². The smallest absolute Gasteiger partial charge is 0.00206 e. The fourth-order valence-corrected chi connectivity index (χ4v) is 9.52. The van der Waals surface area contributed by atoms with Gasteiger partial charge in [-0.1, -0.05) is 175 Å². The quantitative estimate of drug-likeness (QED) is 0.157. The van der Waals surface area contributed by atoms with Crippen molar-refractivity contribution >= 4 is 64.6 Å². The molecule has 0 N–H and O–H groups in total. The third-order valence-electron chi connectivity index (χ3n) is 12.1. The molecule has 262 valence electrons. The normalized spacial score (nSPS) is 13.4. The van der Waals surface area contributed by atoms with Gasteiger partial charge in [0.1, 0.15) is 0 Å². The van der Waals surface area contributed by atoms with E-state index in [0.717, 1.165) is 6.42 Å². The Morgan fingerprint density at radius 1 is 0.370 bits per heavy atom. The molecule has 0 heteroatoms. The van der Waals surface area contributed by atoms with Gasteiger partial charge in [0.25, 0.3) is 0 Å². The van der Waals surface area contributed by atoms with Gasteiger partial charge >= 0.3 is 0 Å². The van der Waals surface area contributed by atoms with Crippen LogP contribution in [0, 0.1) is 10.8 Å². The minimum Gasteiger partial charge on any atom is -0.0610 e. The highest BCUT2D eigenvalue weighted by Crippen LogP contribution is 2.46. The van der Waals surface area contributed by atoms with Crippen molar-refractivity contribution in [2.45, 2.75) is 53.9 Å². The Hall–Kier alpha value is -5.72. The van der Waals surface area contributed by atoms with E-state index in [4.69, 9.17) is 0 Å². The van der Waals surface area contributed by atoms with Crippen molar-refractivity contribution in [2.75, 3.05) is 0 Å². The first-order valence-electron chi connectivity index (χ1n) is 19.6. The minimum atomic E-state index is 0.173. The van der Waals surface area contributed by atoms with Crippen LogP contribution in [-0.2, 0) is 0 Å². The minimum absolute atomic E-state index is 0.173. The van der Waals surface area contributed by atoms with E-state index >= 15 is 0 Å². The zero-order valence-electron chi connectivity index (χ0n) is 32.2. The predicted molar refractivity (Wildman–Crippen MR) is 236 cm³/mol. The van der Waals surface area contributed by atoms with Gasteiger partial charge in [0.05, 0.1) is 0 Å². The Balaban J connectivity index is 1.21. The molecule has 0 fully saturated rings. The monoisotopic (exact) mass is 694 g/mol. The summed E-state index contributed by atoms with van der Waals surface area (Å²) in [5.74, 6) is 0.475. The van der Waals surface area contributed by atoms with Crippen LogP contribution in [0.15, 0.2) is 152 Å². The van der Waals surface area contributed by atoms with Crippen LogP contribution in [0.3, 0.4) is 0 Å². The summed E-state index contributed by atoms with van der Waals surface area (Å²) in [5.41, 5.74) is 9.39. The van der Waals surface area contributed by atoms with E-state index in [0.29, 0.717) is 5.92 Å². The van der Waals surface area contributed by atoms with Crippen LogP contribution in [0.25, 0.3) is 98.0 Å². The summed E-state index contributed by atoms with van der Waals surface area (Å²) in [6, 6.07) is 57.9. The summed E-state index contributed by atoms with van der Waals surface area (Å²) < 4.78 is 0. The maximum atomic E-state index is 2.44. The van der Waals surface area contributed by atoms with E-state index in [1.807, 2.05) is 0 Å². The van der Waals surface area contributed by atoms with Gasteiger partial charge in [-0.15, -0.1) is 0 Å². The third-order valence-corrected chi connectivity index (χ3v) is 12.1. The van der Waals surface area contributed by atoms with Crippen LogP contribution in [0.5, 0.6) is 0 Å². The summed E-state index contributed by atoms with van der Waals surface area (Å²) in [4.78, 5) is 0. The lowest BCUT2D eigenvalue weighted by atomic mass is 9.69. The number of rotatable bonds is 5. The molecule has 10 aromatic carbocycles. The van der Waals surface area contributed by atoms with Crippen LogP contribution >= 0.6 is 0 Å². The largest absolute Gasteiger partial charge is 0.0610 e. The molecule has 10 aromatic rings. The molecule has 0 aromatic heterocycles. The standard InChI is InChI=1S/C54H46/c1-53(2,3)32-48(54(4,5)6)34-15-13-33(14-16-34)41-29-42(44-25-21-39-19-17-35-9-7-11-37-23-27-46(44)51(39)49(35)37)31-43(30-41)45-26-22-40-20-18-36-10-8-12-38-24-28-47(45)52(40)50(36)38/h7-31,48H,32H2,1-6H3. The molecule has 0 nitrogen and oxygen atoms in total. The summed E-state index contributed by atoms with van der Waals surface area (Å²) in [5, 5.41) is 15.8. The number of hydrogen-bond acceptors (Lipinski definition) is 0. The van der Waals surface area contributed by atoms with Crippen molar-refractivity contribution in [3.63, 3.8) is 0 Å². The Bertz CT molecular complexity index is 2820. The number of hydrogen-bond donors (Lipinski definition) is 0. The van der Waals surface area contributed by atoms with Crippen LogP contribution in [0.2, 0.25) is 0 Å². The van der Waals surface area contributed by atoms with Gasteiger partial charge < -0.3 is 0 Å². The van der Waals surface area contributed by atoms with E-state index in [-0.39, 0.29) is 10.8 Å². The van der Waals surface area contributed by atoms with Crippen LogP contribution in [0.4, 0.5) is 0 Å². The molecule has 0 saturated carbocycles. The lowest BCUT2D eigenvalue weighted by molar-refractivity contribution is 0.229. The lowest BCUT2D eigenvalue weighted by Crippen LogP contribution is -2.23. The molecule has 0 heterocycles. The molecule has 0 aliphatic rings. The summed E-state index contributed by atoms with van der Waals surface area (Å²) in [6.07, 6.45) is 1.15. The van der Waals surface area contributed by atoms with Crippen molar-refractivity contribution in [1.82, 2.24) is 0 Å². The van der Waals surface area contributed by atoms with Gasteiger partial charge in [-0.3, -0.25) is 0 Å². The van der Waals surface area contributed by atoms with E-state index < -0.39 is 0 Å². The van der Waals surface area contributed by atoms with Gasteiger partial charge in [0, 0.05) is 0 Å². The zero-order valence-corrected chi connectivity index (χ0v) is 32.2. The van der Waals surface area contributed by atoms with Gasteiger partial charge in [0.2, 0.25) is 0 Å². The summed E-state index contributed by atoms with van der Waals surface area (Å²) in [7, 11) is 0. The first-order valence-corrected chi connectivity index (χ1v) is 19.6. The molecule has 1 unspecified atom stereocenters. The second-order valence-corrected chi connectivity index (χ2v) is 18.0. The zero-order chi connectivity index (χ0) is 36.9. The molecule has 0 bridgehead atoms. The van der Waals surface area contributed by atoms with E-state index in [2.05, 4.69) is 193 Å². The fraction of sp³-hybridized carbons (Fsp3) is 0.185. The van der Waals surface area contributed by atoms with E-state index in [1.165, 1.54) is 104 Å². The number of benzene rings is 10. The topological polar surface area (TPSA) is 0 Å². The molecule has 0 amide bonds. The molecular formula is C54H46. The van der Waals surface area contributed by atoms with Gasteiger partial charge in [-0.2, -0.15) is 0 Å². The highest BCUT2D eigenvalue weighted by Gasteiger charge is 2.30. The van der Waals surface area contributed by atoms with Crippen molar-refractivity contribution in [2.24, 2.45) is 10.8 Å². The average Bonchev–Trinajstić information content (AvgIpc) is 3.17. The molecule has 0 radical (unpaired) electrons. The molecule has 0 aliphatic carbocycles. The third kappa shape index (κ3) is 5.34. The van der Waals surface area contributed by atoms with E-state index in [9.17, 15) is 0 Å². The second-order valence-electron chi connectivity index (χ2n) is 18.0. The summed E-state index contributed by atoms with van der Waals surface area (Å²) in [6.45, 7) is 14.3. The van der Waals surface area contributed by atoms with Gasteiger partial charge in [-0.25, -0.2) is 0 Å². The molecule has 0 aliphatic heterocycles.